The first kappa shape index (κ1) is 9.40. The van der Waals surface area contributed by atoms with Crippen LogP contribution in [0.3, 0.4) is 0 Å². The van der Waals surface area contributed by atoms with Crippen LogP contribution >= 0.6 is 0 Å². The summed E-state index contributed by atoms with van der Waals surface area (Å²) in [6, 6.07) is 0. The van der Waals surface area contributed by atoms with Crippen molar-refractivity contribution in [2.24, 2.45) is 4.99 Å². The van der Waals surface area contributed by atoms with Gasteiger partial charge >= 0.3 is 0 Å². The summed E-state index contributed by atoms with van der Waals surface area (Å²) in [5.74, 6) is -0.0245. The number of guanidine groups is 1. The van der Waals surface area contributed by atoms with Gasteiger partial charge in [0, 0.05) is 6.20 Å². The summed E-state index contributed by atoms with van der Waals surface area (Å²) in [4.78, 5) is 3.37. The standard InChI is InChI=1S/C7H11N5O/c1-9-7(8)11-6-4-10-12(5-6)2-3-13/h4-5,13H,1-3H2,(H2,8,11). The molecule has 6 nitrogen and oxygen atoms in total. The van der Waals surface area contributed by atoms with E-state index in [9.17, 15) is 0 Å². The highest BCUT2D eigenvalue weighted by Gasteiger charge is 1.98. The second-order valence-corrected chi connectivity index (χ2v) is 2.35. The second-order valence-electron chi connectivity index (χ2n) is 2.35. The van der Waals surface area contributed by atoms with Gasteiger partial charge in [-0.25, -0.2) is 4.99 Å². The van der Waals surface area contributed by atoms with E-state index in [-0.39, 0.29) is 12.6 Å². The van der Waals surface area contributed by atoms with Crippen LogP contribution in [0.1, 0.15) is 0 Å². The molecule has 0 unspecified atom stereocenters. The molecule has 6 heteroatoms. The molecule has 3 N–H and O–H groups in total. The number of aliphatic hydroxyl groups is 1. The molecular weight excluding hydrogens is 170 g/mol. The lowest BCUT2D eigenvalue weighted by atomic mass is 10.5. The highest BCUT2D eigenvalue weighted by atomic mass is 16.3. The van der Waals surface area contributed by atoms with Crippen LogP contribution in [0.2, 0.25) is 0 Å². The first-order valence-electron chi connectivity index (χ1n) is 3.72. The van der Waals surface area contributed by atoms with Crippen LogP contribution in [-0.4, -0.2) is 34.2 Å². The van der Waals surface area contributed by atoms with Gasteiger partial charge < -0.3 is 10.4 Å². The maximum atomic E-state index is 8.61. The fourth-order valence-electron chi connectivity index (χ4n) is 0.829. The van der Waals surface area contributed by atoms with Crippen LogP contribution in [-0.2, 0) is 6.54 Å². The quantitative estimate of drug-likeness (QED) is 0.450. The molecule has 0 aliphatic heterocycles. The van der Waals surface area contributed by atoms with Crippen molar-refractivity contribution in [3.05, 3.63) is 12.4 Å². The van der Waals surface area contributed by atoms with Crippen molar-refractivity contribution < 1.29 is 5.11 Å². The van der Waals surface area contributed by atoms with Crippen LogP contribution in [0, 0.1) is 5.41 Å². The van der Waals surface area contributed by atoms with Crippen molar-refractivity contribution in [2.45, 2.75) is 6.54 Å². The van der Waals surface area contributed by atoms with E-state index in [4.69, 9.17) is 10.5 Å². The number of nitrogens with one attached hydrogen (secondary N) is 2. The molecule has 1 heterocycles. The fraction of sp³-hybridized carbons (Fsp3) is 0.286. The first-order valence-corrected chi connectivity index (χ1v) is 3.72. The van der Waals surface area contributed by atoms with E-state index in [0.717, 1.165) is 0 Å². The lowest BCUT2D eigenvalue weighted by Crippen LogP contribution is -2.06. The zero-order valence-corrected chi connectivity index (χ0v) is 7.06. The van der Waals surface area contributed by atoms with E-state index < -0.39 is 0 Å². The minimum atomic E-state index is -0.0245. The average Bonchev–Trinajstić information content (AvgIpc) is 2.53. The number of hydrogen-bond donors (Lipinski definition) is 3. The van der Waals surface area contributed by atoms with Crippen LogP contribution in [0.4, 0.5) is 5.69 Å². The molecule has 0 fully saturated rings. The van der Waals surface area contributed by atoms with Crippen molar-refractivity contribution in [1.82, 2.24) is 9.78 Å². The fourth-order valence-corrected chi connectivity index (χ4v) is 0.829. The average molecular weight is 181 g/mol. The van der Waals surface area contributed by atoms with E-state index >= 15 is 0 Å². The summed E-state index contributed by atoms with van der Waals surface area (Å²) in [6.07, 6.45) is 3.23. The maximum Gasteiger partial charge on any atom is 0.219 e. The Morgan fingerprint density at radius 2 is 2.62 bits per heavy atom. The Balaban J connectivity index is 2.58. The Morgan fingerprint density at radius 3 is 3.23 bits per heavy atom. The predicted octanol–water partition coefficient (Wildman–Crippen LogP) is -0.0773. The number of hydrogen-bond acceptors (Lipinski definition) is 3. The van der Waals surface area contributed by atoms with Crippen LogP contribution in [0.15, 0.2) is 17.4 Å². The Labute approximate surface area is 75.4 Å². The number of anilines is 1. The van der Waals surface area contributed by atoms with Crippen LogP contribution < -0.4 is 5.32 Å². The third-order valence-corrected chi connectivity index (χ3v) is 1.38. The minimum absolute atomic E-state index is 0.0245. The smallest absolute Gasteiger partial charge is 0.219 e. The van der Waals surface area contributed by atoms with Gasteiger partial charge in [0.05, 0.1) is 25.0 Å². The molecule has 13 heavy (non-hydrogen) atoms. The molecule has 0 amide bonds. The second kappa shape index (κ2) is 4.36. The summed E-state index contributed by atoms with van der Waals surface area (Å²) in [5, 5.41) is 22.4. The van der Waals surface area contributed by atoms with Gasteiger partial charge in [-0.15, -0.1) is 0 Å². The maximum absolute atomic E-state index is 8.61. The van der Waals surface area contributed by atoms with Crippen molar-refractivity contribution >= 4 is 18.4 Å². The van der Waals surface area contributed by atoms with Crippen LogP contribution in [0.25, 0.3) is 0 Å². The number of nitrogens with zero attached hydrogens (tertiary/aromatic N) is 3. The highest BCUT2D eigenvalue weighted by Crippen LogP contribution is 2.03. The molecule has 0 aliphatic carbocycles. The highest BCUT2D eigenvalue weighted by molar-refractivity contribution is 5.93. The molecule has 0 atom stereocenters. The molecule has 0 saturated heterocycles. The van der Waals surface area contributed by atoms with E-state index in [2.05, 4.69) is 22.1 Å². The monoisotopic (exact) mass is 181 g/mol. The molecule has 0 spiro atoms. The Bertz CT molecular complexity index is 306. The SMILES string of the molecule is C=NC(=N)Nc1cnn(CCO)c1. The third kappa shape index (κ3) is 2.68. The van der Waals surface area contributed by atoms with Gasteiger partial charge in [-0.05, 0) is 6.72 Å². The molecule has 0 bridgehead atoms. The topological polar surface area (TPSA) is 86.3 Å². The van der Waals surface area contributed by atoms with Crippen molar-refractivity contribution in [3.8, 4) is 0 Å². The third-order valence-electron chi connectivity index (χ3n) is 1.38. The number of aromatic nitrogens is 2. The summed E-state index contributed by atoms with van der Waals surface area (Å²) < 4.78 is 1.57. The normalized spacial score (nSPS) is 9.62. The molecule has 0 aromatic carbocycles. The van der Waals surface area contributed by atoms with Gasteiger partial charge in [0.1, 0.15) is 0 Å². The van der Waals surface area contributed by atoms with Crippen molar-refractivity contribution in [1.29, 1.82) is 5.41 Å². The lowest BCUT2D eigenvalue weighted by Gasteiger charge is -1.97. The molecular formula is C7H11N5O. The minimum Gasteiger partial charge on any atom is -0.394 e. The molecule has 0 radical (unpaired) electrons. The van der Waals surface area contributed by atoms with E-state index in [1.54, 1.807) is 17.1 Å². The summed E-state index contributed by atoms with van der Waals surface area (Å²) >= 11 is 0. The summed E-state index contributed by atoms with van der Waals surface area (Å²) in [5.41, 5.74) is 0.658. The number of rotatable bonds is 3. The van der Waals surface area contributed by atoms with Gasteiger partial charge in [-0.2, -0.15) is 5.10 Å². The number of aliphatic imine (C=N–C) groups is 1. The lowest BCUT2D eigenvalue weighted by molar-refractivity contribution is 0.269. The molecule has 70 valence electrons. The van der Waals surface area contributed by atoms with E-state index in [1.165, 1.54) is 0 Å². The molecule has 1 aromatic heterocycles. The van der Waals surface area contributed by atoms with Gasteiger partial charge in [-0.3, -0.25) is 10.1 Å². The molecule has 1 aromatic rings. The zero-order chi connectivity index (χ0) is 9.68. The largest absolute Gasteiger partial charge is 0.394 e. The van der Waals surface area contributed by atoms with Crippen molar-refractivity contribution in [2.75, 3.05) is 11.9 Å². The van der Waals surface area contributed by atoms with Gasteiger partial charge in [-0.1, -0.05) is 0 Å². The van der Waals surface area contributed by atoms with E-state index in [1.807, 2.05) is 0 Å². The summed E-state index contributed by atoms with van der Waals surface area (Å²) in [7, 11) is 0. The molecule has 1 rings (SSSR count). The van der Waals surface area contributed by atoms with Crippen molar-refractivity contribution in [3.63, 3.8) is 0 Å². The van der Waals surface area contributed by atoms with Gasteiger partial charge in [0.25, 0.3) is 0 Å². The Kier molecular flexibility index (Phi) is 3.15. The Hall–Kier alpha value is -1.69. The van der Waals surface area contributed by atoms with Crippen LogP contribution in [0.5, 0.6) is 0 Å². The van der Waals surface area contributed by atoms with Gasteiger partial charge in [0.15, 0.2) is 0 Å². The number of aliphatic hydroxyl groups excluding tert-OH is 1. The summed E-state index contributed by atoms with van der Waals surface area (Å²) in [6.45, 7) is 3.68. The van der Waals surface area contributed by atoms with E-state index in [0.29, 0.717) is 12.2 Å². The molecule has 0 saturated carbocycles. The Morgan fingerprint density at radius 1 is 1.85 bits per heavy atom. The predicted molar refractivity (Wildman–Crippen MR) is 50.2 cm³/mol. The molecule has 0 aliphatic rings. The van der Waals surface area contributed by atoms with Gasteiger partial charge in [0.2, 0.25) is 5.96 Å². The first-order chi connectivity index (χ1) is 6.26. The zero-order valence-electron chi connectivity index (χ0n) is 7.06.